The molecule has 3 rings (SSSR count). The lowest BCUT2D eigenvalue weighted by Gasteiger charge is -2.06. The van der Waals surface area contributed by atoms with E-state index in [4.69, 9.17) is 0 Å². The Labute approximate surface area is 124 Å². The molecule has 18 heavy (non-hydrogen) atoms. The van der Waals surface area contributed by atoms with Crippen LogP contribution >= 0.6 is 33.9 Å². The first-order valence-electron chi connectivity index (χ1n) is 5.77. The Hall–Kier alpha value is -1.07. The van der Waals surface area contributed by atoms with E-state index in [0.717, 1.165) is 6.54 Å². The number of benzene rings is 2. The quantitative estimate of drug-likeness (QED) is 0.636. The molecule has 90 valence electrons. The van der Waals surface area contributed by atoms with Gasteiger partial charge in [0.15, 0.2) is 0 Å². The first-order chi connectivity index (χ1) is 8.83. The van der Waals surface area contributed by atoms with E-state index in [1.54, 1.807) is 0 Å². The van der Waals surface area contributed by atoms with E-state index in [-0.39, 0.29) is 0 Å². The van der Waals surface area contributed by atoms with Crippen molar-refractivity contribution in [2.75, 3.05) is 5.32 Å². The second kappa shape index (κ2) is 5.28. The van der Waals surface area contributed by atoms with Gasteiger partial charge in [-0.25, -0.2) is 0 Å². The fourth-order valence-electron chi connectivity index (χ4n) is 1.97. The highest BCUT2D eigenvalue weighted by atomic mass is 127. The molecule has 2 aromatic carbocycles. The summed E-state index contributed by atoms with van der Waals surface area (Å²) >= 11 is 4.15. The normalized spacial score (nSPS) is 10.7. The molecule has 1 nitrogen and oxygen atoms in total. The average Bonchev–Trinajstić information content (AvgIpc) is 2.80. The standard InChI is InChI=1S/C15H12INS/c16-12-4-3-5-13(8-12)17-9-11-10-18-15-7-2-1-6-14(11)15/h1-8,10,17H,9H2. The van der Waals surface area contributed by atoms with Crippen LogP contribution in [0.15, 0.2) is 53.9 Å². The Morgan fingerprint density at radius 3 is 2.83 bits per heavy atom. The van der Waals surface area contributed by atoms with Crippen molar-refractivity contribution in [1.82, 2.24) is 0 Å². The highest BCUT2D eigenvalue weighted by Crippen LogP contribution is 2.26. The van der Waals surface area contributed by atoms with Crippen LogP contribution in [-0.2, 0) is 6.54 Å². The van der Waals surface area contributed by atoms with Crippen LogP contribution in [0.4, 0.5) is 5.69 Å². The van der Waals surface area contributed by atoms with Crippen molar-refractivity contribution in [2.45, 2.75) is 6.54 Å². The van der Waals surface area contributed by atoms with Gasteiger partial charge in [-0.3, -0.25) is 0 Å². The van der Waals surface area contributed by atoms with E-state index in [0.29, 0.717) is 0 Å². The molecule has 0 aliphatic carbocycles. The van der Waals surface area contributed by atoms with Gasteiger partial charge in [0.1, 0.15) is 0 Å². The van der Waals surface area contributed by atoms with E-state index in [9.17, 15) is 0 Å². The lowest BCUT2D eigenvalue weighted by molar-refractivity contribution is 1.18. The van der Waals surface area contributed by atoms with Crippen LogP contribution in [0.3, 0.4) is 0 Å². The molecule has 1 heterocycles. The Morgan fingerprint density at radius 1 is 1.06 bits per heavy atom. The maximum absolute atomic E-state index is 3.48. The molecule has 0 radical (unpaired) electrons. The van der Waals surface area contributed by atoms with Crippen molar-refractivity contribution < 1.29 is 0 Å². The van der Waals surface area contributed by atoms with E-state index >= 15 is 0 Å². The summed E-state index contributed by atoms with van der Waals surface area (Å²) in [6.07, 6.45) is 0. The number of nitrogens with one attached hydrogen (secondary N) is 1. The molecule has 0 saturated carbocycles. The lowest BCUT2D eigenvalue weighted by atomic mass is 10.2. The topological polar surface area (TPSA) is 12.0 Å². The second-order valence-electron chi connectivity index (χ2n) is 4.12. The zero-order valence-corrected chi connectivity index (χ0v) is 12.7. The van der Waals surface area contributed by atoms with Gasteiger partial charge in [-0.1, -0.05) is 24.3 Å². The lowest BCUT2D eigenvalue weighted by Crippen LogP contribution is -1.98. The molecule has 0 aliphatic rings. The molecule has 0 atom stereocenters. The van der Waals surface area contributed by atoms with Gasteiger partial charge < -0.3 is 5.32 Å². The zero-order chi connectivity index (χ0) is 12.4. The zero-order valence-electron chi connectivity index (χ0n) is 9.69. The summed E-state index contributed by atoms with van der Waals surface area (Å²) in [7, 11) is 0. The van der Waals surface area contributed by atoms with E-state index < -0.39 is 0 Å². The van der Waals surface area contributed by atoms with Gasteiger partial charge in [-0.2, -0.15) is 0 Å². The van der Waals surface area contributed by atoms with E-state index in [1.165, 1.54) is 24.9 Å². The molecule has 3 heteroatoms. The highest BCUT2D eigenvalue weighted by Gasteiger charge is 2.02. The Bertz CT molecular complexity index is 675. The Balaban J connectivity index is 1.81. The summed E-state index contributed by atoms with van der Waals surface area (Å²) in [6.45, 7) is 0.879. The number of fused-ring (bicyclic) bond motifs is 1. The van der Waals surface area contributed by atoms with Crippen molar-refractivity contribution in [3.05, 3.63) is 63.0 Å². The molecule has 1 N–H and O–H groups in total. The first kappa shape index (κ1) is 12.0. The van der Waals surface area contributed by atoms with Gasteiger partial charge in [-0.15, -0.1) is 11.3 Å². The molecule has 0 fully saturated rings. The average molecular weight is 365 g/mol. The van der Waals surface area contributed by atoms with Gasteiger partial charge in [0.2, 0.25) is 0 Å². The summed E-state index contributed by atoms with van der Waals surface area (Å²) < 4.78 is 2.62. The molecule has 0 saturated heterocycles. The maximum Gasteiger partial charge on any atom is 0.0415 e. The van der Waals surface area contributed by atoms with Crippen molar-refractivity contribution in [1.29, 1.82) is 0 Å². The van der Waals surface area contributed by atoms with Crippen LogP contribution in [-0.4, -0.2) is 0 Å². The summed E-state index contributed by atoms with van der Waals surface area (Å²) in [5.41, 5.74) is 2.55. The third-order valence-corrected chi connectivity index (χ3v) is 4.55. The van der Waals surface area contributed by atoms with Crippen LogP contribution < -0.4 is 5.32 Å². The monoisotopic (exact) mass is 365 g/mol. The van der Waals surface area contributed by atoms with Crippen molar-refractivity contribution in [3.8, 4) is 0 Å². The fourth-order valence-corrected chi connectivity index (χ4v) is 3.47. The molecule has 0 amide bonds. The van der Waals surface area contributed by atoms with Gasteiger partial charge in [0.05, 0.1) is 0 Å². The fraction of sp³-hybridized carbons (Fsp3) is 0.0667. The summed E-state index contributed by atoms with van der Waals surface area (Å²) in [6, 6.07) is 17.0. The Kier molecular flexibility index (Phi) is 3.52. The minimum atomic E-state index is 0.879. The molecular formula is C15H12INS. The largest absolute Gasteiger partial charge is 0.381 e. The molecule has 0 spiro atoms. The molecule has 0 bridgehead atoms. The molecular weight excluding hydrogens is 353 g/mol. The van der Waals surface area contributed by atoms with Gasteiger partial charge >= 0.3 is 0 Å². The molecule has 1 aromatic heterocycles. The van der Waals surface area contributed by atoms with Crippen LogP contribution in [0.5, 0.6) is 0 Å². The minimum absolute atomic E-state index is 0.879. The third-order valence-electron chi connectivity index (χ3n) is 2.87. The van der Waals surface area contributed by atoms with Crippen molar-refractivity contribution in [3.63, 3.8) is 0 Å². The third kappa shape index (κ3) is 2.52. The minimum Gasteiger partial charge on any atom is -0.381 e. The number of anilines is 1. The van der Waals surface area contributed by atoms with E-state index in [1.807, 2.05) is 11.3 Å². The molecule has 0 unspecified atom stereocenters. The number of hydrogen-bond acceptors (Lipinski definition) is 2. The molecule has 0 aliphatic heterocycles. The van der Waals surface area contributed by atoms with Gasteiger partial charge in [0.25, 0.3) is 0 Å². The van der Waals surface area contributed by atoms with Crippen LogP contribution in [0.2, 0.25) is 0 Å². The number of halogens is 1. The number of thiophene rings is 1. The number of hydrogen-bond donors (Lipinski definition) is 1. The van der Waals surface area contributed by atoms with Crippen molar-refractivity contribution >= 4 is 49.7 Å². The SMILES string of the molecule is Ic1cccc(NCc2csc3ccccc23)c1. The second-order valence-corrected chi connectivity index (χ2v) is 6.28. The van der Waals surface area contributed by atoms with Crippen molar-refractivity contribution in [2.24, 2.45) is 0 Å². The smallest absolute Gasteiger partial charge is 0.0415 e. The first-order valence-corrected chi connectivity index (χ1v) is 7.73. The van der Waals surface area contributed by atoms with Crippen LogP contribution in [0, 0.1) is 3.57 Å². The predicted molar refractivity (Wildman–Crippen MR) is 88.3 cm³/mol. The van der Waals surface area contributed by atoms with E-state index in [2.05, 4.69) is 81.8 Å². The summed E-state index contributed by atoms with van der Waals surface area (Å²) in [5, 5.41) is 7.09. The molecule has 3 aromatic rings. The van der Waals surface area contributed by atoms with Crippen LogP contribution in [0.25, 0.3) is 10.1 Å². The Morgan fingerprint density at radius 2 is 1.94 bits per heavy atom. The number of rotatable bonds is 3. The van der Waals surface area contributed by atoms with Crippen LogP contribution in [0.1, 0.15) is 5.56 Å². The summed E-state index contributed by atoms with van der Waals surface area (Å²) in [5.74, 6) is 0. The van der Waals surface area contributed by atoms with Gasteiger partial charge in [-0.05, 0) is 63.2 Å². The van der Waals surface area contributed by atoms with Gasteiger partial charge in [0, 0.05) is 20.5 Å². The summed E-state index contributed by atoms with van der Waals surface area (Å²) in [4.78, 5) is 0. The maximum atomic E-state index is 3.48. The highest BCUT2D eigenvalue weighted by molar-refractivity contribution is 14.1. The predicted octanol–water partition coefficient (Wildman–Crippen LogP) is 5.12.